The van der Waals surface area contributed by atoms with Crippen molar-refractivity contribution in [3.8, 4) is 5.75 Å². The summed E-state index contributed by atoms with van der Waals surface area (Å²) in [6.45, 7) is 0.723. The average Bonchev–Trinajstić information content (AvgIpc) is 2.63. The largest absolute Gasteiger partial charge is 0.496 e. The molecule has 2 aromatic rings. The molecule has 8 heteroatoms. The molecule has 2 N–H and O–H groups in total. The van der Waals surface area contributed by atoms with Crippen molar-refractivity contribution in [3.63, 3.8) is 0 Å². The number of primary amides is 1. The number of rotatable bonds is 9. The van der Waals surface area contributed by atoms with Crippen LogP contribution in [0.3, 0.4) is 0 Å². The minimum absolute atomic E-state index is 0.0201. The van der Waals surface area contributed by atoms with Crippen LogP contribution in [0.25, 0.3) is 0 Å². The second-order valence-corrected chi connectivity index (χ2v) is 7.28. The number of benzene rings is 2. The molecule has 0 fully saturated rings. The highest BCUT2D eigenvalue weighted by atomic mass is 79.9. The summed E-state index contributed by atoms with van der Waals surface area (Å²) in [5, 5.41) is 0. The van der Waals surface area contributed by atoms with Gasteiger partial charge in [-0.25, -0.2) is 4.39 Å². The van der Waals surface area contributed by atoms with Crippen molar-refractivity contribution in [1.29, 1.82) is 0 Å². The predicted molar refractivity (Wildman–Crippen MR) is 110 cm³/mol. The van der Waals surface area contributed by atoms with Crippen molar-refractivity contribution in [2.75, 3.05) is 32.1 Å². The van der Waals surface area contributed by atoms with Gasteiger partial charge in [-0.15, -0.1) is 0 Å². The van der Waals surface area contributed by atoms with Crippen molar-refractivity contribution in [2.24, 2.45) is 5.73 Å². The first-order valence-corrected chi connectivity index (χ1v) is 9.44. The Morgan fingerprint density at radius 2 is 1.86 bits per heavy atom. The molecule has 0 aromatic heterocycles. The average molecular weight is 452 g/mol. The first-order chi connectivity index (χ1) is 13.3. The van der Waals surface area contributed by atoms with Gasteiger partial charge in [0.2, 0.25) is 11.8 Å². The monoisotopic (exact) mass is 451 g/mol. The van der Waals surface area contributed by atoms with Gasteiger partial charge in [0.15, 0.2) is 0 Å². The van der Waals surface area contributed by atoms with E-state index in [-0.39, 0.29) is 25.4 Å². The zero-order chi connectivity index (χ0) is 20.7. The molecule has 0 aliphatic carbocycles. The summed E-state index contributed by atoms with van der Waals surface area (Å²) < 4.78 is 19.5. The highest BCUT2D eigenvalue weighted by Crippen LogP contribution is 2.24. The van der Waals surface area contributed by atoms with Crippen LogP contribution in [0, 0.1) is 5.82 Å². The van der Waals surface area contributed by atoms with Crippen LogP contribution in [0.2, 0.25) is 0 Å². The Bertz CT molecular complexity index is 830. The number of nitrogens with two attached hydrogens (primary N) is 1. The van der Waals surface area contributed by atoms with Crippen molar-refractivity contribution >= 4 is 33.4 Å². The summed E-state index contributed by atoms with van der Waals surface area (Å²) in [6.07, 6.45) is 0.0201. The second kappa shape index (κ2) is 10.2. The van der Waals surface area contributed by atoms with Gasteiger partial charge < -0.3 is 15.4 Å². The number of carbonyl (C=O) groups excluding carboxylic acids is 2. The van der Waals surface area contributed by atoms with Gasteiger partial charge in [0.1, 0.15) is 11.6 Å². The van der Waals surface area contributed by atoms with Gasteiger partial charge in [-0.2, -0.15) is 0 Å². The third-order valence-corrected chi connectivity index (χ3v) is 4.60. The molecule has 6 nitrogen and oxygen atoms in total. The van der Waals surface area contributed by atoms with E-state index in [1.54, 1.807) is 7.11 Å². The maximum absolute atomic E-state index is 13.2. The number of halogens is 2. The minimum atomic E-state index is -0.507. The fourth-order valence-corrected chi connectivity index (χ4v) is 3.18. The number of methoxy groups -OCH3 is 1. The summed E-state index contributed by atoms with van der Waals surface area (Å²) in [5.41, 5.74) is 6.67. The first-order valence-electron chi connectivity index (χ1n) is 8.65. The van der Waals surface area contributed by atoms with E-state index in [0.717, 1.165) is 15.8 Å². The molecule has 0 aliphatic rings. The summed E-state index contributed by atoms with van der Waals surface area (Å²) in [4.78, 5) is 27.3. The quantitative estimate of drug-likeness (QED) is 0.635. The van der Waals surface area contributed by atoms with Gasteiger partial charge in [0, 0.05) is 35.2 Å². The van der Waals surface area contributed by atoms with E-state index < -0.39 is 11.7 Å². The standard InChI is InChI=1S/C20H23BrFN3O3/c1-24(12-14-11-15(21)3-8-18(14)28-2)13-20(27)25(10-9-19(23)26)17-6-4-16(22)5-7-17/h3-8,11H,9-10,12-13H2,1-2H3,(H2,23,26). The molecule has 2 aromatic carbocycles. The van der Waals surface area contributed by atoms with Crippen LogP contribution in [-0.2, 0) is 16.1 Å². The number of carbonyl (C=O) groups is 2. The van der Waals surface area contributed by atoms with Crippen molar-refractivity contribution in [1.82, 2.24) is 4.90 Å². The second-order valence-electron chi connectivity index (χ2n) is 6.37. The Kier molecular flexibility index (Phi) is 7.95. The van der Waals surface area contributed by atoms with E-state index in [2.05, 4.69) is 15.9 Å². The minimum Gasteiger partial charge on any atom is -0.496 e. The van der Waals surface area contributed by atoms with E-state index in [1.807, 2.05) is 30.1 Å². The van der Waals surface area contributed by atoms with Crippen LogP contribution < -0.4 is 15.4 Å². The molecule has 0 aliphatic heterocycles. The van der Waals surface area contributed by atoms with Crippen LogP contribution in [0.1, 0.15) is 12.0 Å². The van der Waals surface area contributed by atoms with Crippen LogP contribution in [0.5, 0.6) is 5.75 Å². The van der Waals surface area contributed by atoms with Crippen LogP contribution in [-0.4, -0.2) is 44.0 Å². The van der Waals surface area contributed by atoms with Gasteiger partial charge in [-0.05, 0) is 49.5 Å². The number of ether oxygens (including phenoxy) is 1. The number of hydrogen-bond acceptors (Lipinski definition) is 4. The number of amides is 2. The number of hydrogen-bond donors (Lipinski definition) is 1. The molecule has 28 heavy (non-hydrogen) atoms. The predicted octanol–water partition coefficient (Wildman–Crippen LogP) is 2.94. The molecule has 0 heterocycles. The van der Waals surface area contributed by atoms with Gasteiger partial charge in [0.25, 0.3) is 0 Å². The molecule has 2 rings (SSSR count). The lowest BCUT2D eigenvalue weighted by atomic mass is 10.2. The fourth-order valence-electron chi connectivity index (χ4n) is 2.77. The lowest BCUT2D eigenvalue weighted by Crippen LogP contribution is -2.40. The molecule has 2 amide bonds. The lowest BCUT2D eigenvalue weighted by molar-refractivity contribution is -0.120. The van der Waals surface area contributed by atoms with E-state index in [1.165, 1.54) is 29.2 Å². The van der Waals surface area contributed by atoms with Crippen molar-refractivity contribution in [2.45, 2.75) is 13.0 Å². The smallest absolute Gasteiger partial charge is 0.241 e. The molecule has 0 bridgehead atoms. The molecule has 0 unspecified atom stereocenters. The third kappa shape index (κ3) is 6.31. The Balaban J connectivity index is 2.12. The first kappa shape index (κ1) is 21.8. The molecule has 0 saturated carbocycles. The summed E-state index contributed by atoms with van der Waals surface area (Å²) >= 11 is 3.44. The highest BCUT2D eigenvalue weighted by Gasteiger charge is 2.19. The molecule has 0 spiro atoms. The number of likely N-dealkylation sites (N-methyl/N-ethyl adjacent to an activating group) is 1. The maximum Gasteiger partial charge on any atom is 0.241 e. The topological polar surface area (TPSA) is 75.9 Å². The van der Waals surface area contributed by atoms with Gasteiger partial charge >= 0.3 is 0 Å². The van der Waals surface area contributed by atoms with Crippen molar-refractivity contribution < 1.29 is 18.7 Å². The Labute approximate surface area is 172 Å². The van der Waals surface area contributed by atoms with Gasteiger partial charge in [-0.3, -0.25) is 14.5 Å². The Hall–Kier alpha value is -2.45. The van der Waals surface area contributed by atoms with Gasteiger partial charge in [0.05, 0.1) is 13.7 Å². The highest BCUT2D eigenvalue weighted by molar-refractivity contribution is 9.10. The van der Waals surface area contributed by atoms with Crippen LogP contribution >= 0.6 is 15.9 Å². The normalized spacial score (nSPS) is 10.8. The molecule has 0 radical (unpaired) electrons. The molecular formula is C20H23BrFN3O3. The van der Waals surface area contributed by atoms with E-state index in [0.29, 0.717) is 12.2 Å². The van der Waals surface area contributed by atoms with Crippen LogP contribution in [0.4, 0.5) is 10.1 Å². The Morgan fingerprint density at radius 3 is 2.46 bits per heavy atom. The molecule has 0 saturated heterocycles. The molecular weight excluding hydrogens is 429 g/mol. The van der Waals surface area contributed by atoms with E-state index in [9.17, 15) is 14.0 Å². The van der Waals surface area contributed by atoms with Crippen LogP contribution in [0.15, 0.2) is 46.9 Å². The summed E-state index contributed by atoms with van der Waals surface area (Å²) in [7, 11) is 3.41. The van der Waals surface area contributed by atoms with Crippen molar-refractivity contribution in [3.05, 3.63) is 58.3 Å². The molecule has 0 atom stereocenters. The van der Waals surface area contributed by atoms with E-state index in [4.69, 9.17) is 10.5 Å². The maximum atomic E-state index is 13.2. The van der Waals surface area contributed by atoms with E-state index >= 15 is 0 Å². The number of anilines is 1. The molecule has 150 valence electrons. The summed E-state index contributed by atoms with van der Waals surface area (Å²) in [6, 6.07) is 11.2. The summed E-state index contributed by atoms with van der Waals surface area (Å²) in [5.74, 6) is -0.395. The van der Waals surface area contributed by atoms with Gasteiger partial charge in [-0.1, -0.05) is 15.9 Å². The third-order valence-electron chi connectivity index (χ3n) is 4.11. The Morgan fingerprint density at radius 1 is 1.18 bits per heavy atom. The lowest BCUT2D eigenvalue weighted by Gasteiger charge is -2.26. The number of nitrogens with zero attached hydrogens (tertiary/aromatic N) is 2. The zero-order valence-corrected chi connectivity index (χ0v) is 17.4. The fraction of sp³-hybridized carbons (Fsp3) is 0.300. The SMILES string of the molecule is COc1ccc(Br)cc1CN(C)CC(=O)N(CCC(N)=O)c1ccc(F)cc1. The zero-order valence-electron chi connectivity index (χ0n) is 15.8.